The van der Waals surface area contributed by atoms with Crippen LogP contribution in [0.15, 0.2) is 18.2 Å². The fraction of sp³-hybridized carbons (Fsp3) is 0.650. The number of carbonyl (C=O) groups is 1. The van der Waals surface area contributed by atoms with Gasteiger partial charge in [-0.2, -0.15) is 0 Å². The van der Waals surface area contributed by atoms with Gasteiger partial charge in [-0.1, -0.05) is 12.1 Å². The topological polar surface area (TPSA) is 41.6 Å². The van der Waals surface area contributed by atoms with Crippen LogP contribution in [0, 0.1) is 19.8 Å². The summed E-state index contributed by atoms with van der Waals surface area (Å²) in [4.78, 5) is 14.4. The molecule has 1 amide bonds. The molecule has 4 nitrogen and oxygen atoms in total. The number of benzene rings is 1. The molecule has 1 aliphatic carbocycles. The highest BCUT2D eigenvalue weighted by atomic mass is 35.5. The molecule has 2 fully saturated rings. The first-order valence-corrected chi connectivity index (χ1v) is 9.33. The zero-order valence-electron chi connectivity index (χ0n) is 15.4. The number of amides is 1. The molecule has 140 valence electrons. The number of carbonyl (C=O) groups excluding carboxylic acids is 1. The van der Waals surface area contributed by atoms with Crippen molar-refractivity contribution in [3.8, 4) is 5.75 Å². The zero-order valence-corrected chi connectivity index (χ0v) is 16.2. The van der Waals surface area contributed by atoms with E-state index in [9.17, 15) is 4.79 Å². The molecule has 5 heteroatoms. The summed E-state index contributed by atoms with van der Waals surface area (Å²) in [5, 5.41) is 3.66. The molecule has 1 aromatic carbocycles. The lowest BCUT2D eigenvalue weighted by Gasteiger charge is -2.32. The Balaban J connectivity index is 0.00000225. The zero-order chi connectivity index (χ0) is 16.9. The van der Waals surface area contributed by atoms with Crippen molar-refractivity contribution in [1.29, 1.82) is 0 Å². The van der Waals surface area contributed by atoms with Gasteiger partial charge < -0.3 is 15.0 Å². The second-order valence-corrected chi connectivity index (χ2v) is 7.30. The highest BCUT2D eigenvalue weighted by molar-refractivity contribution is 5.85. The van der Waals surface area contributed by atoms with Gasteiger partial charge in [-0.15, -0.1) is 12.4 Å². The summed E-state index contributed by atoms with van der Waals surface area (Å²) >= 11 is 0. The molecule has 0 atom stereocenters. The van der Waals surface area contributed by atoms with Crippen LogP contribution in [-0.4, -0.2) is 43.1 Å². The maximum absolute atomic E-state index is 12.3. The van der Waals surface area contributed by atoms with E-state index in [0.717, 1.165) is 43.2 Å². The first-order chi connectivity index (χ1) is 11.6. The molecule has 1 saturated carbocycles. The Bertz CT molecular complexity index is 567. The first-order valence-electron chi connectivity index (χ1n) is 9.33. The highest BCUT2D eigenvalue weighted by Crippen LogP contribution is 2.28. The highest BCUT2D eigenvalue weighted by Gasteiger charge is 2.25. The van der Waals surface area contributed by atoms with Crippen LogP contribution >= 0.6 is 12.4 Å². The number of piperidine rings is 1. The van der Waals surface area contributed by atoms with Crippen molar-refractivity contribution in [1.82, 2.24) is 10.2 Å². The average Bonchev–Trinajstić information content (AvgIpc) is 3.41. The summed E-state index contributed by atoms with van der Waals surface area (Å²) < 4.78 is 5.81. The van der Waals surface area contributed by atoms with Gasteiger partial charge in [0.1, 0.15) is 5.75 Å². The maximum atomic E-state index is 12.3. The van der Waals surface area contributed by atoms with Gasteiger partial charge in [0.2, 0.25) is 5.91 Å². The van der Waals surface area contributed by atoms with E-state index in [2.05, 4.69) is 25.2 Å². The lowest BCUT2D eigenvalue weighted by Crippen LogP contribution is -2.45. The molecule has 1 aromatic rings. The van der Waals surface area contributed by atoms with E-state index < -0.39 is 0 Å². The predicted molar refractivity (Wildman–Crippen MR) is 104 cm³/mol. The van der Waals surface area contributed by atoms with E-state index in [1.165, 1.54) is 24.9 Å². The van der Waals surface area contributed by atoms with Crippen LogP contribution < -0.4 is 10.1 Å². The van der Waals surface area contributed by atoms with Gasteiger partial charge in [-0.3, -0.25) is 4.79 Å². The van der Waals surface area contributed by atoms with Gasteiger partial charge in [0.15, 0.2) is 0 Å². The van der Waals surface area contributed by atoms with Crippen LogP contribution in [-0.2, 0) is 4.79 Å². The third-order valence-corrected chi connectivity index (χ3v) is 5.37. The van der Waals surface area contributed by atoms with Crippen molar-refractivity contribution >= 4 is 18.3 Å². The van der Waals surface area contributed by atoms with Crippen molar-refractivity contribution < 1.29 is 9.53 Å². The molecule has 0 bridgehead atoms. The normalized spacial score (nSPS) is 17.9. The van der Waals surface area contributed by atoms with Crippen LogP contribution in [0.3, 0.4) is 0 Å². The van der Waals surface area contributed by atoms with Crippen LogP contribution in [0.5, 0.6) is 5.75 Å². The monoisotopic (exact) mass is 366 g/mol. The largest absolute Gasteiger partial charge is 0.493 e. The Morgan fingerprint density at radius 3 is 2.60 bits per heavy atom. The average molecular weight is 367 g/mol. The molecule has 3 rings (SSSR count). The number of aryl methyl sites for hydroxylation is 1. The first kappa shape index (κ1) is 20.1. The van der Waals surface area contributed by atoms with Crippen LogP contribution in [0.2, 0.25) is 0 Å². The molecule has 0 unspecified atom stereocenters. The van der Waals surface area contributed by atoms with Crippen molar-refractivity contribution in [2.75, 3.05) is 26.2 Å². The number of nitrogens with zero attached hydrogens (tertiary/aromatic N) is 1. The number of nitrogens with one attached hydrogen (secondary N) is 1. The number of hydrogen-bond donors (Lipinski definition) is 1. The smallest absolute Gasteiger partial charge is 0.225 e. The van der Waals surface area contributed by atoms with E-state index in [4.69, 9.17) is 4.74 Å². The van der Waals surface area contributed by atoms with Crippen molar-refractivity contribution in [2.45, 2.75) is 52.0 Å². The Labute approximate surface area is 157 Å². The Morgan fingerprint density at radius 2 is 1.92 bits per heavy atom. The molecule has 0 radical (unpaired) electrons. The molecule has 0 aromatic heterocycles. The molecule has 1 heterocycles. The Kier molecular flexibility index (Phi) is 7.57. The van der Waals surface area contributed by atoms with Gasteiger partial charge in [0.25, 0.3) is 0 Å². The minimum Gasteiger partial charge on any atom is -0.493 e. The lowest BCUT2D eigenvalue weighted by molar-refractivity contribution is -0.132. The predicted octanol–water partition coefficient (Wildman–Crippen LogP) is 3.48. The fourth-order valence-electron chi connectivity index (χ4n) is 3.28. The van der Waals surface area contributed by atoms with E-state index in [1.54, 1.807) is 0 Å². The Hall–Kier alpha value is -1.26. The molecule has 1 aliphatic heterocycles. The molecular weight excluding hydrogens is 336 g/mol. The molecule has 0 spiro atoms. The molecule has 2 aliphatic rings. The van der Waals surface area contributed by atoms with Crippen molar-refractivity contribution in [3.05, 3.63) is 29.3 Å². The van der Waals surface area contributed by atoms with Gasteiger partial charge in [-0.05, 0) is 69.2 Å². The number of ether oxygens (including phenoxy) is 1. The number of likely N-dealkylation sites (tertiary alicyclic amines) is 1. The van der Waals surface area contributed by atoms with Gasteiger partial charge in [-0.25, -0.2) is 0 Å². The molecule has 1 N–H and O–H groups in total. The SMILES string of the molecule is Cc1cccc(OCCC(=O)N2CCC(NCC3CC3)CC2)c1C.Cl. The fourth-order valence-corrected chi connectivity index (χ4v) is 3.28. The van der Waals surface area contributed by atoms with Gasteiger partial charge >= 0.3 is 0 Å². The summed E-state index contributed by atoms with van der Waals surface area (Å²) in [7, 11) is 0. The number of rotatable bonds is 7. The standard InChI is InChI=1S/C20H30N2O2.ClH/c1-15-4-3-5-19(16(15)2)24-13-10-20(23)22-11-8-18(9-12-22)21-14-17-6-7-17;/h3-5,17-18,21H,6-14H2,1-2H3;1H. The molecule has 25 heavy (non-hydrogen) atoms. The van der Waals surface area contributed by atoms with Crippen molar-refractivity contribution in [3.63, 3.8) is 0 Å². The third kappa shape index (κ3) is 5.89. The van der Waals surface area contributed by atoms with E-state index in [-0.39, 0.29) is 18.3 Å². The van der Waals surface area contributed by atoms with Crippen LogP contribution in [0.4, 0.5) is 0 Å². The minimum atomic E-state index is 0. The summed E-state index contributed by atoms with van der Waals surface area (Å²) in [5.74, 6) is 2.04. The summed E-state index contributed by atoms with van der Waals surface area (Å²) in [6, 6.07) is 6.65. The minimum absolute atomic E-state index is 0. The molecular formula is C20H31ClN2O2. The summed E-state index contributed by atoms with van der Waals surface area (Å²) in [5.41, 5.74) is 2.38. The van der Waals surface area contributed by atoms with Crippen LogP contribution in [0.25, 0.3) is 0 Å². The Morgan fingerprint density at radius 1 is 1.20 bits per heavy atom. The van der Waals surface area contributed by atoms with E-state index >= 15 is 0 Å². The molecule has 1 saturated heterocycles. The van der Waals surface area contributed by atoms with Crippen LogP contribution in [0.1, 0.15) is 43.2 Å². The second-order valence-electron chi connectivity index (χ2n) is 7.30. The van der Waals surface area contributed by atoms with Crippen molar-refractivity contribution in [2.24, 2.45) is 5.92 Å². The second kappa shape index (κ2) is 9.44. The number of hydrogen-bond acceptors (Lipinski definition) is 3. The quantitative estimate of drug-likeness (QED) is 0.803. The summed E-state index contributed by atoms with van der Waals surface area (Å²) in [6.45, 7) is 7.53. The van der Waals surface area contributed by atoms with Gasteiger partial charge in [0, 0.05) is 19.1 Å². The van der Waals surface area contributed by atoms with E-state index in [0.29, 0.717) is 19.1 Å². The van der Waals surface area contributed by atoms with E-state index in [1.807, 2.05) is 17.0 Å². The summed E-state index contributed by atoms with van der Waals surface area (Å²) in [6.07, 6.45) is 5.41. The third-order valence-electron chi connectivity index (χ3n) is 5.37. The van der Waals surface area contributed by atoms with Gasteiger partial charge in [0.05, 0.1) is 13.0 Å². The lowest BCUT2D eigenvalue weighted by atomic mass is 10.0. The maximum Gasteiger partial charge on any atom is 0.225 e. The number of halogens is 1.